The van der Waals surface area contributed by atoms with E-state index in [2.05, 4.69) is 5.32 Å². The normalized spacial score (nSPS) is 13.8. The van der Waals surface area contributed by atoms with Gasteiger partial charge in [0.2, 0.25) is 0 Å². The van der Waals surface area contributed by atoms with Crippen LogP contribution in [-0.4, -0.2) is 49.5 Å². The van der Waals surface area contributed by atoms with Gasteiger partial charge in [0.25, 0.3) is 5.91 Å². The van der Waals surface area contributed by atoms with Gasteiger partial charge in [-0.15, -0.1) is 0 Å². The molecule has 0 aliphatic heterocycles. The van der Waals surface area contributed by atoms with Gasteiger partial charge in [-0.1, -0.05) is 32.9 Å². The fraction of sp³-hybridized carbons (Fsp3) is 0.529. The average Bonchev–Trinajstić information content (AvgIpc) is 2.51. The summed E-state index contributed by atoms with van der Waals surface area (Å²) in [4.78, 5) is 28.8. The highest BCUT2D eigenvalue weighted by Crippen LogP contribution is 2.39. The first-order chi connectivity index (χ1) is 11.1. The molecule has 0 aliphatic rings. The standard InChI is InChI=1S/C17H26N2O5/c1-17(2,3)13(11-7-9-12(23-5)10-8-11)14(18-16(21)22)15(20)19(4)24-6/h7-10,13-14,18H,1-6H3,(H,21,22)/t13-,14?/m0/s1. The van der Waals surface area contributed by atoms with E-state index >= 15 is 0 Å². The van der Waals surface area contributed by atoms with E-state index in [0.29, 0.717) is 5.75 Å². The van der Waals surface area contributed by atoms with Crippen LogP contribution in [-0.2, 0) is 9.63 Å². The number of benzene rings is 1. The molecule has 0 aromatic heterocycles. The van der Waals surface area contributed by atoms with Crippen LogP contribution in [0.2, 0.25) is 0 Å². The molecule has 1 aromatic carbocycles. The van der Waals surface area contributed by atoms with Gasteiger partial charge in [-0.05, 0) is 23.1 Å². The number of nitrogens with zero attached hydrogens (tertiary/aromatic N) is 1. The Morgan fingerprint density at radius 1 is 1.17 bits per heavy atom. The first-order valence-corrected chi connectivity index (χ1v) is 7.57. The lowest BCUT2D eigenvalue weighted by Gasteiger charge is -2.37. The summed E-state index contributed by atoms with van der Waals surface area (Å²) in [7, 11) is 4.38. The van der Waals surface area contributed by atoms with Gasteiger partial charge >= 0.3 is 6.09 Å². The maximum Gasteiger partial charge on any atom is 0.405 e. The monoisotopic (exact) mass is 338 g/mol. The van der Waals surface area contributed by atoms with Crippen LogP contribution in [0.1, 0.15) is 32.3 Å². The molecular weight excluding hydrogens is 312 g/mol. The topological polar surface area (TPSA) is 88.1 Å². The van der Waals surface area contributed by atoms with Crippen molar-refractivity contribution < 1.29 is 24.3 Å². The van der Waals surface area contributed by atoms with Gasteiger partial charge in [-0.25, -0.2) is 9.86 Å². The number of hydrogen-bond acceptors (Lipinski definition) is 4. The maximum absolute atomic E-state index is 12.6. The lowest BCUT2D eigenvalue weighted by Crippen LogP contribution is -2.52. The second kappa shape index (κ2) is 8.01. The Labute approximate surface area is 142 Å². The molecule has 0 spiro atoms. The third-order valence-corrected chi connectivity index (χ3v) is 3.87. The third kappa shape index (κ3) is 4.86. The number of carbonyl (C=O) groups is 2. The number of ether oxygens (including phenoxy) is 1. The molecule has 2 N–H and O–H groups in total. The smallest absolute Gasteiger partial charge is 0.405 e. The molecule has 1 aromatic rings. The molecule has 24 heavy (non-hydrogen) atoms. The largest absolute Gasteiger partial charge is 0.497 e. The number of hydrogen-bond donors (Lipinski definition) is 2. The molecule has 7 nitrogen and oxygen atoms in total. The summed E-state index contributed by atoms with van der Waals surface area (Å²) in [5.41, 5.74) is 0.450. The molecule has 0 radical (unpaired) electrons. The molecule has 2 atom stereocenters. The third-order valence-electron chi connectivity index (χ3n) is 3.87. The van der Waals surface area contributed by atoms with Crippen LogP contribution in [0.3, 0.4) is 0 Å². The zero-order valence-electron chi connectivity index (χ0n) is 15.0. The van der Waals surface area contributed by atoms with Crippen LogP contribution >= 0.6 is 0 Å². The Morgan fingerprint density at radius 2 is 1.71 bits per heavy atom. The van der Waals surface area contributed by atoms with E-state index in [-0.39, 0.29) is 5.41 Å². The fourth-order valence-corrected chi connectivity index (χ4v) is 2.71. The SMILES string of the molecule is COc1ccc([C@@H](C(NC(=O)O)C(=O)N(C)OC)C(C)(C)C)cc1. The molecule has 0 heterocycles. The molecule has 0 aliphatic carbocycles. The number of hydroxylamine groups is 2. The number of carbonyl (C=O) groups excluding carboxylic acids is 1. The van der Waals surface area contributed by atoms with E-state index in [4.69, 9.17) is 9.57 Å². The van der Waals surface area contributed by atoms with Crippen molar-refractivity contribution in [3.8, 4) is 5.75 Å². The number of carboxylic acid groups (broad SMARTS) is 1. The van der Waals surface area contributed by atoms with Crippen LogP contribution < -0.4 is 10.1 Å². The van der Waals surface area contributed by atoms with E-state index in [0.717, 1.165) is 10.6 Å². The predicted octanol–water partition coefficient (Wildman–Crippen LogP) is 2.48. The van der Waals surface area contributed by atoms with E-state index < -0.39 is 24.0 Å². The summed E-state index contributed by atoms with van der Waals surface area (Å²) in [6, 6.07) is 6.27. The molecular formula is C17H26N2O5. The number of likely N-dealkylation sites (N-methyl/N-ethyl adjacent to an activating group) is 1. The Balaban J connectivity index is 3.35. The van der Waals surface area contributed by atoms with Crippen molar-refractivity contribution in [3.05, 3.63) is 29.8 Å². The molecule has 0 fully saturated rings. The molecule has 134 valence electrons. The summed E-state index contributed by atoms with van der Waals surface area (Å²) in [6.07, 6.45) is -1.26. The molecule has 2 amide bonds. The molecule has 7 heteroatoms. The van der Waals surface area contributed by atoms with Gasteiger partial charge in [-0.3, -0.25) is 9.63 Å². The number of rotatable bonds is 6. The zero-order chi connectivity index (χ0) is 18.5. The molecule has 1 rings (SSSR count). The van der Waals surface area contributed by atoms with Crippen molar-refractivity contribution >= 4 is 12.0 Å². The molecule has 0 saturated heterocycles. The van der Waals surface area contributed by atoms with Gasteiger partial charge < -0.3 is 15.2 Å². The van der Waals surface area contributed by atoms with Gasteiger partial charge in [0.05, 0.1) is 14.2 Å². The van der Waals surface area contributed by atoms with E-state index in [1.165, 1.54) is 14.2 Å². The summed E-state index contributed by atoms with van der Waals surface area (Å²) >= 11 is 0. The second-order valence-corrected chi connectivity index (χ2v) is 6.56. The van der Waals surface area contributed by atoms with Gasteiger partial charge in [0.1, 0.15) is 11.8 Å². The Bertz CT molecular complexity index is 565. The lowest BCUT2D eigenvalue weighted by molar-refractivity contribution is -0.172. The van der Waals surface area contributed by atoms with Crippen LogP contribution in [0, 0.1) is 5.41 Å². The van der Waals surface area contributed by atoms with E-state index in [1.807, 2.05) is 32.9 Å². The average molecular weight is 338 g/mol. The van der Waals surface area contributed by atoms with Crippen LogP contribution in [0.15, 0.2) is 24.3 Å². The highest BCUT2D eigenvalue weighted by molar-refractivity contribution is 5.85. The zero-order valence-corrected chi connectivity index (χ0v) is 15.0. The quantitative estimate of drug-likeness (QED) is 0.778. The van der Waals surface area contributed by atoms with Crippen molar-refractivity contribution in [2.75, 3.05) is 21.3 Å². The summed E-state index contributed by atoms with van der Waals surface area (Å²) in [6.45, 7) is 5.87. The minimum atomic E-state index is -1.26. The minimum Gasteiger partial charge on any atom is -0.497 e. The minimum absolute atomic E-state index is 0.383. The maximum atomic E-state index is 12.6. The highest BCUT2D eigenvalue weighted by atomic mass is 16.7. The van der Waals surface area contributed by atoms with Crippen molar-refractivity contribution in [1.82, 2.24) is 10.4 Å². The van der Waals surface area contributed by atoms with E-state index in [1.54, 1.807) is 19.2 Å². The first-order valence-electron chi connectivity index (χ1n) is 7.57. The molecule has 1 unspecified atom stereocenters. The van der Waals surface area contributed by atoms with Gasteiger partial charge in [0.15, 0.2) is 0 Å². The predicted molar refractivity (Wildman–Crippen MR) is 89.9 cm³/mol. The lowest BCUT2D eigenvalue weighted by atomic mass is 9.72. The molecule has 0 saturated carbocycles. The number of nitrogens with one attached hydrogen (secondary N) is 1. The van der Waals surface area contributed by atoms with Crippen molar-refractivity contribution in [2.45, 2.75) is 32.7 Å². The van der Waals surface area contributed by atoms with E-state index in [9.17, 15) is 14.7 Å². The van der Waals surface area contributed by atoms with Gasteiger partial charge in [-0.2, -0.15) is 0 Å². The van der Waals surface area contributed by atoms with Crippen molar-refractivity contribution in [2.24, 2.45) is 5.41 Å². The van der Waals surface area contributed by atoms with Crippen LogP contribution in [0.4, 0.5) is 4.79 Å². The summed E-state index contributed by atoms with van der Waals surface area (Å²) < 4.78 is 5.16. The number of amides is 2. The molecule has 0 bridgehead atoms. The summed E-state index contributed by atoms with van der Waals surface area (Å²) in [5.74, 6) is -0.172. The number of methoxy groups -OCH3 is 1. The highest BCUT2D eigenvalue weighted by Gasteiger charge is 2.40. The first kappa shape index (κ1) is 19.8. The van der Waals surface area contributed by atoms with Crippen LogP contribution in [0.5, 0.6) is 5.75 Å². The van der Waals surface area contributed by atoms with Crippen molar-refractivity contribution in [3.63, 3.8) is 0 Å². The second-order valence-electron chi connectivity index (χ2n) is 6.56. The van der Waals surface area contributed by atoms with Gasteiger partial charge in [0, 0.05) is 13.0 Å². The van der Waals surface area contributed by atoms with Crippen molar-refractivity contribution in [1.29, 1.82) is 0 Å². The summed E-state index contributed by atoms with van der Waals surface area (Å²) in [5, 5.41) is 12.6. The fourth-order valence-electron chi connectivity index (χ4n) is 2.71. The Kier molecular flexibility index (Phi) is 6.60. The Morgan fingerprint density at radius 3 is 2.08 bits per heavy atom. The Hall–Kier alpha value is -2.28. The van der Waals surface area contributed by atoms with Crippen LogP contribution in [0.25, 0.3) is 0 Å².